The molecule has 0 aliphatic carbocycles. The maximum Gasteiger partial charge on any atom is 0.256 e. The molecule has 2 saturated heterocycles. The lowest BCUT2D eigenvalue weighted by molar-refractivity contribution is -0.126. The number of ether oxygens (including phenoxy) is 1. The quantitative estimate of drug-likeness (QED) is 0.738. The number of nitrogens with zero attached hydrogens (tertiary/aromatic N) is 1. The summed E-state index contributed by atoms with van der Waals surface area (Å²) in [6.07, 6.45) is 2.28. The highest BCUT2D eigenvalue weighted by molar-refractivity contribution is 5.94. The Labute approximate surface area is 190 Å². The molecular weight excluding hydrogens is 433 g/mol. The molecule has 0 bridgehead atoms. The van der Waals surface area contributed by atoms with Gasteiger partial charge in [0.25, 0.3) is 5.91 Å². The first-order valence-electron chi connectivity index (χ1n) is 11.2. The van der Waals surface area contributed by atoms with Gasteiger partial charge in [-0.1, -0.05) is 12.1 Å². The van der Waals surface area contributed by atoms with Crippen molar-refractivity contribution in [3.8, 4) is 0 Å². The molecule has 1 N–H and O–H groups in total. The van der Waals surface area contributed by atoms with E-state index in [1.54, 1.807) is 6.07 Å². The first-order chi connectivity index (χ1) is 15.9. The molecule has 33 heavy (non-hydrogen) atoms. The molecule has 2 aliphatic heterocycles. The van der Waals surface area contributed by atoms with Crippen molar-refractivity contribution < 1.29 is 27.5 Å². The molecular formula is C25H27F3N2O3. The van der Waals surface area contributed by atoms with Gasteiger partial charge in [-0.2, -0.15) is 0 Å². The predicted octanol–water partition coefficient (Wildman–Crippen LogP) is 3.82. The van der Waals surface area contributed by atoms with Gasteiger partial charge in [0.1, 0.15) is 17.5 Å². The number of likely N-dealkylation sites (tertiary alicyclic amines) is 1. The third-order valence-corrected chi connectivity index (χ3v) is 6.80. The third-order valence-electron chi connectivity index (χ3n) is 6.80. The SMILES string of the molecule is O=C(NCC1(c2cccc(F)c2)CCOCC1)C1CCN(C(=O)c2ccc(F)cc2F)CC1. The average molecular weight is 460 g/mol. The van der Waals surface area contributed by atoms with Crippen LogP contribution in [0.1, 0.15) is 41.6 Å². The largest absolute Gasteiger partial charge is 0.381 e. The normalized spacial score (nSPS) is 18.7. The Hall–Kier alpha value is -2.87. The summed E-state index contributed by atoms with van der Waals surface area (Å²) in [5.74, 6) is -2.80. The minimum absolute atomic E-state index is 0.0997. The summed E-state index contributed by atoms with van der Waals surface area (Å²) in [4.78, 5) is 27.0. The molecule has 2 heterocycles. The summed E-state index contributed by atoms with van der Waals surface area (Å²) in [6, 6.07) is 9.39. The molecule has 0 unspecified atom stereocenters. The van der Waals surface area contributed by atoms with Crippen molar-refractivity contribution in [2.45, 2.75) is 31.1 Å². The van der Waals surface area contributed by atoms with E-state index in [0.29, 0.717) is 64.6 Å². The van der Waals surface area contributed by atoms with Gasteiger partial charge >= 0.3 is 0 Å². The molecule has 0 spiro atoms. The van der Waals surface area contributed by atoms with Crippen LogP contribution in [0.15, 0.2) is 42.5 Å². The molecule has 2 amide bonds. The minimum Gasteiger partial charge on any atom is -0.381 e. The maximum atomic E-state index is 14.0. The summed E-state index contributed by atoms with van der Waals surface area (Å²) in [5, 5.41) is 3.05. The maximum absolute atomic E-state index is 14.0. The van der Waals surface area contributed by atoms with Gasteiger partial charge in [-0.3, -0.25) is 9.59 Å². The van der Waals surface area contributed by atoms with Crippen LogP contribution in [-0.4, -0.2) is 49.6 Å². The standard InChI is InChI=1S/C25H27F3N2O3/c26-19-3-1-2-18(14-19)25(8-12-33-13-9-25)16-29-23(31)17-6-10-30(11-7-17)24(32)21-5-4-20(27)15-22(21)28/h1-5,14-15,17H,6-13,16H2,(H,29,31). The van der Waals surface area contributed by atoms with Crippen LogP contribution >= 0.6 is 0 Å². The van der Waals surface area contributed by atoms with Gasteiger partial charge in [-0.25, -0.2) is 13.2 Å². The lowest BCUT2D eigenvalue weighted by atomic mass is 9.74. The summed E-state index contributed by atoms with van der Waals surface area (Å²) < 4.78 is 46.4. The van der Waals surface area contributed by atoms with E-state index in [9.17, 15) is 22.8 Å². The van der Waals surface area contributed by atoms with E-state index in [4.69, 9.17) is 4.74 Å². The van der Waals surface area contributed by atoms with E-state index in [1.807, 2.05) is 6.07 Å². The van der Waals surface area contributed by atoms with Crippen LogP contribution in [-0.2, 0) is 14.9 Å². The fourth-order valence-electron chi connectivity index (χ4n) is 4.73. The number of carbonyl (C=O) groups excluding carboxylic acids is 2. The van der Waals surface area contributed by atoms with E-state index in [-0.39, 0.29) is 28.6 Å². The number of hydrogen-bond donors (Lipinski definition) is 1. The fraction of sp³-hybridized carbons (Fsp3) is 0.440. The zero-order valence-corrected chi connectivity index (χ0v) is 18.3. The average Bonchev–Trinajstić information content (AvgIpc) is 2.83. The van der Waals surface area contributed by atoms with Crippen LogP contribution < -0.4 is 5.32 Å². The van der Waals surface area contributed by atoms with Crippen molar-refractivity contribution in [1.29, 1.82) is 0 Å². The predicted molar refractivity (Wildman–Crippen MR) is 116 cm³/mol. The van der Waals surface area contributed by atoms with Gasteiger partial charge < -0.3 is 15.0 Å². The molecule has 0 radical (unpaired) electrons. The van der Waals surface area contributed by atoms with Crippen LogP contribution in [0.2, 0.25) is 0 Å². The molecule has 4 rings (SSSR count). The summed E-state index contributed by atoms with van der Waals surface area (Å²) in [6.45, 7) is 2.12. The van der Waals surface area contributed by atoms with Crippen LogP contribution in [0.4, 0.5) is 13.2 Å². The molecule has 176 valence electrons. The van der Waals surface area contributed by atoms with E-state index in [2.05, 4.69) is 5.32 Å². The molecule has 5 nitrogen and oxygen atoms in total. The third kappa shape index (κ3) is 5.21. The number of carbonyl (C=O) groups is 2. The second-order valence-corrected chi connectivity index (χ2v) is 8.81. The van der Waals surface area contributed by atoms with E-state index in [0.717, 1.165) is 17.7 Å². The fourth-order valence-corrected chi connectivity index (χ4v) is 4.73. The number of nitrogens with one attached hydrogen (secondary N) is 1. The van der Waals surface area contributed by atoms with Gasteiger partial charge in [-0.05, 0) is 55.5 Å². The number of amides is 2. The molecule has 0 saturated carbocycles. The van der Waals surface area contributed by atoms with Gasteiger partial charge in [0.2, 0.25) is 5.91 Å². The molecule has 0 aromatic heterocycles. The Bertz CT molecular complexity index is 1020. The van der Waals surface area contributed by atoms with Gasteiger partial charge in [0.05, 0.1) is 5.56 Å². The van der Waals surface area contributed by atoms with Crippen molar-refractivity contribution in [2.24, 2.45) is 5.92 Å². The Balaban J connectivity index is 1.35. The Kier molecular flexibility index (Phi) is 7.02. The zero-order chi connectivity index (χ0) is 23.4. The highest BCUT2D eigenvalue weighted by atomic mass is 19.1. The van der Waals surface area contributed by atoms with E-state index in [1.165, 1.54) is 17.0 Å². The summed E-state index contributed by atoms with van der Waals surface area (Å²) in [7, 11) is 0. The van der Waals surface area contributed by atoms with Crippen molar-refractivity contribution in [3.05, 3.63) is 71.0 Å². The zero-order valence-electron chi connectivity index (χ0n) is 18.3. The highest BCUT2D eigenvalue weighted by Gasteiger charge is 2.36. The van der Waals surface area contributed by atoms with Crippen molar-refractivity contribution in [3.63, 3.8) is 0 Å². The second-order valence-electron chi connectivity index (χ2n) is 8.81. The van der Waals surface area contributed by atoms with Crippen molar-refractivity contribution in [2.75, 3.05) is 32.8 Å². The molecule has 2 aromatic carbocycles. The van der Waals surface area contributed by atoms with Crippen LogP contribution in [0.25, 0.3) is 0 Å². The van der Waals surface area contributed by atoms with E-state index >= 15 is 0 Å². The molecule has 0 atom stereocenters. The summed E-state index contributed by atoms with van der Waals surface area (Å²) >= 11 is 0. The Morgan fingerprint density at radius 3 is 2.36 bits per heavy atom. The summed E-state index contributed by atoms with van der Waals surface area (Å²) in [5.41, 5.74) is 0.302. The van der Waals surface area contributed by atoms with E-state index < -0.39 is 17.5 Å². The number of benzene rings is 2. The topological polar surface area (TPSA) is 58.6 Å². The molecule has 2 aliphatic rings. The van der Waals surface area contributed by atoms with Crippen LogP contribution in [0.3, 0.4) is 0 Å². The minimum atomic E-state index is -0.890. The smallest absolute Gasteiger partial charge is 0.256 e. The first kappa shape index (κ1) is 23.3. The van der Waals surface area contributed by atoms with Gasteiger partial charge in [0, 0.05) is 50.2 Å². The van der Waals surface area contributed by atoms with Crippen molar-refractivity contribution >= 4 is 11.8 Å². The van der Waals surface area contributed by atoms with Gasteiger partial charge in [0.15, 0.2) is 0 Å². The van der Waals surface area contributed by atoms with Crippen LogP contribution in [0.5, 0.6) is 0 Å². The Morgan fingerprint density at radius 2 is 1.70 bits per heavy atom. The lowest BCUT2D eigenvalue weighted by Gasteiger charge is -2.38. The molecule has 2 fully saturated rings. The lowest BCUT2D eigenvalue weighted by Crippen LogP contribution is -2.48. The number of halogens is 3. The van der Waals surface area contributed by atoms with Gasteiger partial charge in [-0.15, -0.1) is 0 Å². The van der Waals surface area contributed by atoms with Crippen molar-refractivity contribution in [1.82, 2.24) is 10.2 Å². The highest BCUT2D eigenvalue weighted by Crippen LogP contribution is 2.35. The first-order valence-corrected chi connectivity index (χ1v) is 11.2. The Morgan fingerprint density at radius 1 is 1.00 bits per heavy atom. The molecule has 2 aromatic rings. The number of hydrogen-bond acceptors (Lipinski definition) is 3. The number of rotatable bonds is 5. The van der Waals surface area contributed by atoms with Crippen LogP contribution in [0, 0.1) is 23.4 Å². The molecule has 8 heteroatoms. The second kappa shape index (κ2) is 9.95. The monoisotopic (exact) mass is 460 g/mol. The number of piperidine rings is 1.